The minimum atomic E-state index is 0.308. The molecule has 1 aromatic heterocycles. The number of nitrogens with one attached hydrogen (secondary N) is 2. The Bertz CT molecular complexity index is 613. The van der Waals surface area contributed by atoms with Crippen LogP contribution in [0.2, 0.25) is 0 Å². The Morgan fingerprint density at radius 3 is 2.81 bits per heavy atom. The first-order valence-electron chi connectivity index (χ1n) is 8.08. The molecule has 0 unspecified atom stereocenters. The van der Waals surface area contributed by atoms with E-state index in [0.717, 1.165) is 19.0 Å². The summed E-state index contributed by atoms with van der Waals surface area (Å²) in [6, 6.07) is 6.58. The number of aromatic amines is 1. The molecule has 114 valence electrons. The van der Waals surface area contributed by atoms with Gasteiger partial charge in [-0.15, -0.1) is 0 Å². The molecule has 0 radical (unpaired) electrons. The molecule has 1 aliphatic rings. The van der Waals surface area contributed by atoms with Crippen LogP contribution in [0, 0.1) is 25.7 Å². The summed E-state index contributed by atoms with van der Waals surface area (Å²) in [6.07, 6.45) is 3.91. The Morgan fingerprint density at radius 1 is 1.33 bits per heavy atom. The van der Waals surface area contributed by atoms with E-state index < -0.39 is 0 Å². The van der Waals surface area contributed by atoms with Crippen LogP contribution in [-0.2, 0) is 6.54 Å². The van der Waals surface area contributed by atoms with Crippen molar-refractivity contribution in [2.24, 2.45) is 11.8 Å². The SMILES string of the molecule is Cc1ccc2[nH]c(CNC[C@@H](CO)C3CCC3)cc2c1C. The van der Waals surface area contributed by atoms with Crippen LogP contribution in [0.3, 0.4) is 0 Å². The first-order chi connectivity index (χ1) is 10.2. The van der Waals surface area contributed by atoms with Crippen LogP contribution in [0.4, 0.5) is 0 Å². The number of aromatic nitrogens is 1. The Morgan fingerprint density at radius 2 is 2.14 bits per heavy atom. The third-order valence-corrected chi connectivity index (χ3v) is 5.17. The molecular weight excluding hydrogens is 260 g/mol. The Kier molecular flexibility index (Phi) is 4.32. The van der Waals surface area contributed by atoms with Gasteiger partial charge in [-0.1, -0.05) is 25.3 Å². The van der Waals surface area contributed by atoms with Gasteiger partial charge in [0, 0.05) is 36.3 Å². The highest BCUT2D eigenvalue weighted by Crippen LogP contribution is 2.33. The average Bonchev–Trinajstić information content (AvgIpc) is 2.83. The van der Waals surface area contributed by atoms with E-state index in [1.807, 2.05) is 0 Å². The molecule has 0 amide bonds. The van der Waals surface area contributed by atoms with E-state index in [1.54, 1.807) is 0 Å². The number of hydrogen-bond donors (Lipinski definition) is 3. The lowest BCUT2D eigenvalue weighted by molar-refractivity contribution is 0.122. The molecule has 3 rings (SSSR count). The van der Waals surface area contributed by atoms with E-state index in [2.05, 4.69) is 42.3 Å². The number of aliphatic hydroxyl groups is 1. The van der Waals surface area contributed by atoms with Gasteiger partial charge < -0.3 is 15.4 Å². The zero-order valence-electron chi connectivity index (χ0n) is 13.1. The van der Waals surface area contributed by atoms with Crippen molar-refractivity contribution in [3.05, 3.63) is 35.0 Å². The zero-order chi connectivity index (χ0) is 14.8. The molecule has 1 fully saturated rings. The van der Waals surface area contributed by atoms with Crippen molar-refractivity contribution in [3.8, 4) is 0 Å². The van der Waals surface area contributed by atoms with Crippen molar-refractivity contribution in [1.82, 2.24) is 10.3 Å². The van der Waals surface area contributed by atoms with E-state index in [-0.39, 0.29) is 0 Å². The third-order valence-electron chi connectivity index (χ3n) is 5.17. The maximum absolute atomic E-state index is 9.49. The summed E-state index contributed by atoms with van der Waals surface area (Å²) in [6.45, 7) is 6.40. The van der Waals surface area contributed by atoms with Gasteiger partial charge in [0.2, 0.25) is 0 Å². The van der Waals surface area contributed by atoms with Gasteiger partial charge in [0.15, 0.2) is 0 Å². The van der Waals surface area contributed by atoms with Crippen LogP contribution in [-0.4, -0.2) is 23.2 Å². The summed E-state index contributed by atoms with van der Waals surface area (Å²) in [4.78, 5) is 3.49. The maximum atomic E-state index is 9.49. The molecule has 1 aliphatic carbocycles. The number of aryl methyl sites for hydroxylation is 2. The molecule has 3 N–H and O–H groups in total. The summed E-state index contributed by atoms with van der Waals surface area (Å²) in [5, 5.41) is 14.3. The molecule has 1 aromatic carbocycles. The number of hydrogen-bond acceptors (Lipinski definition) is 2. The number of benzene rings is 1. The first kappa shape index (κ1) is 14.6. The molecule has 3 heteroatoms. The minimum Gasteiger partial charge on any atom is -0.396 e. The Hall–Kier alpha value is -1.32. The highest BCUT2D eigenvalue weighted by atomic mass is 16.3. The van der Waals surface area contributed by atoms with Crippen molar-refractivity contribution in [3.63, 3.8) is 0 Å². The fourth-order valence-corrected chi connectivity index (χ4v) is 3.29. The summed E-state index contributed by atoms with van der Waals surface area (Å²) < 4.78 is 0. The second-order valence-corrected chi connectivity index (χ2v) is 6.53. The van der Waals surface area contributed by atoms with Crippen LogP contribution in [0.5, 0.6) is 0 Å². The van der Waals surface area contributed by atoms with Gasteiger partial charge in [-0.25, -0.2) is 0 Å². The molecule has 1 atom stereocenters. The van der Waals surface area contributed by atoms with Crippen molar-refractivity contribution >= 4 is 10.9 Å². The van der Waals surface area contributed by atoms with E-state index in [4.69, 9.17) is 0 Å². The fourth-order valence-electron chi connectivity index (χ4n) is 3.29. The van der Waals surface area contributed by atoms with E-state index in [1.165, 1.54) is 47.0 Å². The Balaban J connectivity index is 1.61. The van der Waals surface area contributed by atoms with Crippen molar-refractivity contribution in [1.29, 1.82) is 0 Å². The number of rotatable bonds is 6. The van der Waals surface area contributed by atoms with Crippen molar-refractivity contribution in [2.45, 2.75) is 39.7 Å². The molecule has 1 heterocycles. The van der Waals surface area contributed by atoms with Gasteiger partial charge >= 0.3 is 0 Å². The van der Waals surface area contributed by atoms with Crippen LogP contribution < -0.4 is 5.32 Å². The van der Waals surface area contributed by atoms with Crippen molar-refractivity contribution < 1.29 is 5.11 Å². The molecular formula is C18H26N2O. The smallest absolute Gasteiger partial charge is 0.0474 e. The van der Waals surface area contributed by atoms with Crippen LogP contribution in [0.25, 0.3) is 10.9 Å². The van der Waals surface area contributed by atoms with Crippen molar-refractivity contribution in [2.75, 3.05) is 13.2 Å². The van der Waals surface area contributed by atoms with Gasteiger partial charge in [0.1, 0.15) is 0 Å². The topological polar surface area (TPSA) is 48.0 Å². The van der Waals surface area contributed by atoms with Gasteiger partial charge in [0.05, 0.1) is 0 Å². The largest absolute Gasteiger partial charge is 0.396 e. The lowest BCUT2D eigenvalue weighted by Gasteiger charge is -2.32. The van der Waals surface area contributed by atoms with Gasteiger partial charge in [0.25, 0.3) is 0 Å². The molecule has 0 saturated heterocycles. The van der Waals surface area contributed by atoms with E-state index >= 15 is 0 Å². The van der Waals surface area contributed by atoms with Crippen LogP contribution in [0.1, 0.15) is 36.1 Å². The predicted molar refractivity (Wildman–Crippen MR) is 87.4 cm³/mol. The molecule has 0 bridgehead atoms. The lowest BCUT2D eigenvalue weighted by atomic mass is 9.76. The molecule has 3 nitrogen and oxygen atoms in total. The second kappa shape index (κ2) is 6.20. The normalized spacial score (nSPS) is 17.1. The Labute approximate surface area is 126 Å². The summed E-state index contributed by atoms with van der Waals surface area (Å²) >= 11 is 0. The molecule has 0 spiro atoms. The number of H-pyrrole nitrogens is 1. The minimum absolute atomic E-state index is 0.308. The second-order valence-electron chi connectivity index (χ2n) is 6.53. The van der Waals surface area contributed by atoms with E-state index in [9.17, 15) is 5.11 Å². The first-order valence-corrected chi connectivity index (χ1v) is 8.08. The maximum Gasteiger partial charge on any atom is 0.0474 e. The monoisotopic (exact) mass is 286 g/mol. The number of aliphatic hydroxyl groups excluding tert-OH is 1. The quantitative estimate of drug-likeness (QED) is 0.763. The number of fused-ring (bicyclic) bond motifs is 1. The molecule has 2 aromatic rings. The zero-order valence-corrected chi connectivity index (χ0v) is 13.1. The molecule has 21 heavy (non-hydrogen) atoms. The average molecular weight is 286 g/mol. The molecule has 1 saturated carbocycles. The van der Waals surface area contributed by atoms with E-state index in [0.29, 0.717) is 12.5 Å². The standard InChI is InChI=1S/C18H26N2O/c1-12-6-7-18-17(13(12)2)8-16(20-18)10-19-9-15(11-21)14-4-3-5-14/h6-8,14-15,19-21H,3-5,9-11H2,1-2H3/t15-/m0/s1. The summed E-state index contributed by atoms with van der Waals surface area (Å²) in [7, 11) is 0. The van der Waals surface area contributed by atoms with Gasteiger partial charge in [-0.2, -0.15) is 0 Å². The highest BCUT2D eigenvalue weighted by molar-refractivity contribution is 5.84. The summed E-state index contributed by atoms with van der Waals surface area (Å²) in [5.41, 5.74) is 5.14. The summed E-state index contributed by atoms with van der Waals surface area (Å²) in [5.74, 6) is 1.15. The van der Waals surface area contributed by atoms with Crippen LogP contribution in [0.15, 0.2) is 18.2 Å². The van der Waals surface area contributed by atoms with Gasteiger partial charge in [-0.3, -0.25) is 0 Å². The fraction of sp³-hybridized carbons (Fsp3) is 0.556. The predicted octanol–water partition coefficient (Wildman–Crippen LogP) is 3.28. The molecule has 0 aliphatic heterocycles. The lowest BCUT2D eigenvalue weighted by Crippen LogP contribution is -2.33. The highest BCUT2D eigenvalue weighted by Gasteiger charge is 2.26. The van der Waals surface area contributed by atoms with Gasteiger partial charge in [-0.05, 0) is 48.9 Å². The van der Waals surface area contributed by atoms with Crippen LogP contribution >= 0.6 is 0 Å². The third kappa shape index (κ3) is 2.99.